The highest BCUT2D eigenvalue weighted by Gasteiger charge is 2.17. The summed E-state index contributed by atoms with van der Waals surface area (Å²) in [4.78, 5) is 13.2. The number of H-pyrrole nitrogens is 1. The van der Waals surface area contributed by atoms with Crippen LogP contribution >= 0.6 is 0 Å². The van der Waals surface area contributed by atoms with Crippen LogP contribution in [0.5, 0.6) is 0 Å². The van der Waals surface area contributed by atoms with Crippen LogP contribution in [0.1, 0.15) is 0 Å². The summed E-state index contributed by atoms with van der Waals surface area (Å²) in [6.07, 6.45) is 1.55. The predicted molar refractivity (Wildman–Crippen MR) is 62.8 cm³/mol. The zero-order valence-electron chi connectivity index (χ0n) is 9.00. The van der Waals surface area contributed by atoms with E-state index in [9.17, 15) is 4.79 Å². The van der Waals surface area contributed by atoms with E-state index in [0.29, 0.717) is 11.5 Å². The Morgan fingerprint density at radius 2 is 2.12 bits per heavy atom. The molecule has 1 aromatic carbocycles. The number of carbonyl (C=O) groups excluding carboxylic acids is 1. The van der Waals surface area contributed by atoms with E-state index in [0.717, 1.165) is 0 Å². The molecule has 2 aromatic rings. The largest absolute Gasteiger partial charge is 0.376 e. The van der Waals surface area contributed by atoms with E-state index in [2.05, 4.69) is 15.5 Å². The minimum Gasteiger partial charge on any atom is -0.376 e. The molecule has 1 heterocycles. The normalized spacial score (nSPS) is 9.94. The second-order valence-electron chi connectivity index (χ2n) is 3.25. The number of para-hydroxylation sites is 1. The van der Waals surface area contributed by atoms with Crippen molar-refractivity contribution in [1.82, 2.24) is 15.5 Å². The number of urea groups is 1. The molecule has 17 heavy (non-hydrogen) atoms. The van der Waals surface area contributed by atoms with E-state index in [1.807, 2.05) is 18.2 Å². The van der Waals surface area contributed by atoms with E-state index in [1.165, 1.54) is 4.90 Å². The van der Waals surface area contributed by atoms with Gasteiger partial charge in [-0.2, -0.15) is 5.10 Å². The summed E-state index contributed by atoms with van der Waals surface area (Å²) in [6, 6.07) is 10.3. The first kappa shape index (κ1) is 11.2. The maximum absolute atomic E-state index is 11.8. The fraction of sp³-hybridized carbons (Fsp3) is 0.0909. The average Bonchev–Trinajstić information content (AvgIpc) is 2.85. The highest BCUT2D eigenvalue weighted by atomic mass is 16.3. The minimum absolute atomic E-state index is 0.420. The highest BCUT2D eigenvalue weighted by molar-refractivity contribution is 5.98. The number of amides is 2. The molecule has 0 saturated carbocycles. The SMILES string of the molecule is O=C(NCO)N(c1ccccc1)c1ccn[nH]1. The quantitative estimate of drug-likeness (QED) is 0.696. The van der Waals surface area contributed by atoms with E-state index in [-0.39, 0.29) is 0 Å². The van der Waals surface area contributed by atoms with Gasteiger partial charge in [-0.3, -0.25) is 5.10 Å². The van der Waals surface area contributed by atoms with Crippen molar-refractivity contribution in [2.45, 2.75) is 0 Å². The van der Waals surface area contributed by atoms with E-state index < -0.39 is 12.8 Å². The molecule has 0 bridgehead atoms. The Morgan fingerprint density at radius 3 is 2.71 bits per heavy atom. The fourth-order valence-electron chi connectivity index (χ4n) is 1.46. The number of nitrogens with zero attached hydrogens (tertiary/aromatic N) is 2. The zero-order valence-corrected chi connectivity index (χ0v) is 9.00. The van der Waals surface area contributed by atoms with Gasteiger partial charge in [0.15, 0.2) is 0 Å². The summed E-state index contributed by atoms with van der Waals surface area (Å²) in [7, 11) is 0. The molecule has 0 unspecified atom stereocenters. The molecule has 0 saturated heterocycles. The van der Waals surface area contributed by atoms with Crippen LogP contribution in [-0.4, -0.2) is 28.1 Å². The van der Waals surface area contributed by atoms with Crippen molar-refractivity contribution in [1.29, 1.82) is 0 Å². The zero-order chi connectivity index (χ0) is 12.1. The molecule has 6 nitrogen and oxygen atoms in total. The monoisotopic (exact) mass is 232 g/mol. The third kappa shape index (κ3) is 2.43. The summed E-state index contributed by atoms with van der Waals surface area (Å²) in [5, 5.41) is 17.6. The molecule has 0 spiro atoms. The smallest absolute Gasteiger partial charge is 0.329 e. The minimum atomic E-state index is -0.428. The molecule has 2 rings (SSSR count). The number of anilines is 2. The number of carbonyl (C=O) groups is 1. The number of benzene rings is 1. The molecule has 3 N–H and O–H groups in total. The summed E-state index contributed by atoms with van der Waals surface area (Å²) < 4.78 is 0. The lowest BCUT2D eigenvalue weighted by molar-refractivity contribution is 0.224. The summed E-state index contributed by atoms with van der Waals surface area (Å²) in [5.74, 6) is 0.530. The fourth-order valence-corrected chi connectivity index (χ4v) is 1.46. The number of aromatic nitrogens is 2. The van der Waals surface area contributed by atoms with Crippen molar-refractivity contribution < 1.29 is 9.90 Å². The van der Waals surface area contributed by atoms with Crippen LogP contribution in [0.15, 0.2) is 42.6 Å². The van der Waals surface area contributed by atoms with Gasteiger partial charge in [-0.15, -0.1) is 0 Å². The van der Waals surface area contributed by atoms with E-state index >= 15 is 0 Å². The number of nitrogens with one attached hydrogen (secondary N) is 2. The Balaban J connectivity index is 2.35. The third-order valence-electron chi connectivity index (χ3n) is 2.17. The molecule has 0 aliphatic heterocycles. The molecular formula is C11H12N4O2. The van der Waals surface area contributed by atoms with Gasteiger partial charge in [0.05, 0.1) is 11.9 Å². The lowest BCUT2D eigenvalue weighted by Gasteiger charge is -2.20. The summed E-state index contributed by atoms with van der Waals surface area (Å²) in [6.45, 7) is -0.420. The standard InChI is InChI=1S/C11H12N4O2/c16-8-12-11(17)15(10-6-7-13-14-10)9-4-2-1-3-5-9/h1-7,16H,8H2,(H,12,17)(H,13,14). The van der Waals surface area contributed by atoms with Crippen LogP contribution < -0.4 is 10.2 Å². The Labute approximate surface area is 97.9 Å². The van der Waals surface area contributed by atoms with Gasteiger partial charge in [0, 0.05) is 6.07 Å². The average molecular weight is 232 g/mol. The molecular weight excluding hydrogens is 220 g/mol. The van der Waals surface area contributed by atoms with Crippen molar-refractivity contribution in [3.8, 4) is 0 Å². The summed E-state index contributed by atoms with van der Waals surface area (Å²) >= 11 is 0. The van der Waals surface area contributed by atoms with Gasteiger partial charge < -0.3 is 10.4 Å². The lowest BCUT2D eigenvalue weighted by Crippen LogP contribution is -2.37. The van der Waals surface area contributed by atoms with Gasteiger partial charge in [-0.05, 0) is 12.1 Å². The number of hydrogen-bond donors (Lipinski definition) is 3. The van der Waals surface area contributed by atoms with Crippen LogP contribution in [0.4, 0.5) is 16.3 Å². The van der Waals surface area contributed by atoms with Gasteiger partial charge in [-0.25, -0.2) is 9.69 Å². The number of rotatable bonds is 3. The Morgan fingerprint density at radius 1 is 1.35 bits per heavy atom. The molecule has 1 aromatic heterocycles. The Hall–Kier alpha value is -2.34. The Bertz CT molecular complexity index is 469. The second-order valence-corrected chi connectivity index (χ2v) is 3.25. The van der Waals surface area contributed by atoms with Crippen LogP contribution in [-0.2, 0) is 0 Å². The van der Waals surface area contributed by atoms with Crippen molar-refractivity contribution in [2.24, 2.45) is 0 Å². The van der Waals surface area contributed by atoms with Crippen LogP contribution in [0, 0.1) is 0 Å². The molecule has 0 aliphatic rings. The maximum atomic E-state index is 11.8. The first-order valence-electron chi connectivity index (χ1n) is 5.06. The van der Waals surface area contributed by atoms with Crippen LogP contribution in [0.3, 0.4) is 0 Å². The van der Waals surface area contributed by atoms with Crippen molar-refractivity contribution in [3.63, 3.8) is 0 Å². The molecule has 2 amide bonds. The molecule has 0 fully saturated rings. The molecule has 0 radical (unpaired) electrons. The number of aromatic amines is 1. The molecule has 88 valence electrons. The van der Waals surface area contributed by atoms with Gasteiger partial charge in [0.2, 0.25) is 0 Å². The first-order valence-corrected chi connectivity index (χ1v) is 5.06. The van der Waals surface area contributed by atoms with E-state index in [1.54, 1.807) is 24.4 Å². The van der Waals surface area contributed by atoms with Gasteiger partial charge >= 0.3 is 6.03 Å². The van der Waals surface area contributed by atoms with Crippen molar-refractivity contribution in [2.75, 3.05) is 11.6 Å². The van der Waals surface area contributed by atoms with Gasteiger partial charge in [-0.1, -0.05) is 18.2 Å². The van der Waals surface area contributed by atoms with Crippen LogP contribution in [0.25, 0.3) is 0 Å². The van der Waals surface area contributed by atoms with Crippen molar-refractivity contribution in [3.05, 3.63) is 42.6 Å². The maximum Gasteiger partial charge on any atom is 0.329 e. The van der Waals surface area contributed by atoms with Gasteiger partial charge in [0.1, 0.15) is 12.5 Å². The van der Waals surface area contributed by atoms with Crippen LogP contribution in [0.2, 0.25) is 0 Å². The predicted octanol–water partition coefficient (Wildman–Crippen LogP) is 1.21. The van der Waals surface area contributed by atoms with E-state index in [4.69, 9.17) is 5.11 Å². The summed E-state index contributed by atoms with van der Waals surface area (Å²) in [5.41, 5.74) is 0.683. The number of aliphatic hydroxyl groups excluding tert-OH is 1. The first-order chi connectivity index (χ1) is 8.33. The third-order valence-corrected chi connectivity index (χ3v) is 2.17. The molecule has 6 heteroatoms. The highest BCUT2D eigenvalue weighted by Crippen LogP contribution is 2.22. The molecule has 0 atom stereocenters. The number of aliphatic hydroxyl groups is 1. The van der Waals surface area contributed by atoms with Gasteiger partial charge in [0.25, 0.3) is 0 Å². The Kier molecular flexibility index (Phi) is 3.37. The number of hydrogen-bond acceptors (Lipinski definition) is 3. The molecule has 0 aliphatic carbocycles. The second kappa shape index (κ2) is 5.13. The lowest BCUT2D eigenvalue weighted by atomic mass is 10.3. The van der Waals surface area contributed by atoms with Crippen molar-refractivity contribution >= 4 is 17.5 Å². The topological polar surface area (TPSA) is 81.2 Å².